The van der Waals surface area contributed by atoms with Gasteiger partial charge in [-0.05, 0) is 18.2 Å². The van der Waals surface area contributed by atoms with Gasteiger partial charge >= 0.3 is 0 Å². The minimum absolute atomic E-state index is 0.631. The van der Waals surface area contributed by atoms with Crippen LogP contribution in [0.15, 0.2) is 35.1 Å². The first-order valence-corrected chi connectivity index (χ1v) is 5.86. The van der Waals surface area contributed by atoms with E-state index < -0.39 is 0 Å². The summed E-state index contributed by atoms with van der Waals surface area (Å²) in [6.07, 6.45) is 3.44. The Hall–Kier alpha value is -1.87. The monoisotopic (exact) mass is 291 g/mol. The molecule has 0 saturated carbocycles. The highest BCUT2D eigenvalue weighted by molar-refractivity contribution is 9.10. The topological polar surface area (TPSA) is 66.5 Å². The number of nitrogens with zero attached hydrogens (tertiary/aromatic N) is 4. The fourth-order valence-corrected chi connectivity index (χ4v) is 1.78. The quantitative estimate of drug-likeness (QED) is 0.936. The molecule has 0 aliphatic carbocycles. The van der Waals surface area contributed by atoms with Crippen molar-refractivity contribution in [2.45, 2.75) is 6.54 Å². The smallest absolute Gasteiger partial charge is 0.101 e. The van der Waals surface area contributed by atoms with E-state index in [0.29, 0.717) is 18.7 Å². The number of benzene rings is 1. The van der Waals surface area contributed by atoms with Gasteiger partial charge in [-0.15, -0.1) is 5.10 Å². The molecule has 2 aromatic rings. The Morgan fingerprint density at radius 1 is 1.47 bits per heavy atom. The molecule has 0 amide bonds. The van der Waals surface area contributed by atoms with Crippen LogP contribution in [0.25, 0.3) is 0 Å². The maximum atomic E-state index is 8.96. The summed E-state index contributed by atoms with van der Waals surface area (Å²) < 4.78 is 2.68. The largest absolute Gasteiger partial charge is 0.382 e. The van der Waals surface area contributed by atoms with Crippen molar-refractivity contribution >= 4 is 21.6 Å². The molecule has 0 aliphatic heterocycles. The summed E-state index contributed by atoms with van der Waals surface area (Å²) in [5, 5.41) is 19.7. The summed E-state index contributed by atoms with van der Waals surface area (Å²) >= 11 is 3.38. The summed E-state index contributed by atoms with van der Waals surface area (Å²) in [6.45, 7) is 1.39. The first kappa shape index (κ1) is 11.6. The van der Waals surface area contributed by atoms with Crippen LogP contribution in [0, 0.1) is 11.3 Å². The van der Waals surface area contributed by atoms with Crippen LogP contribution in [0.3, 0.4) is 0 Å². The summed E-state index contributed by atoms with van der Waals surface area (Å²) in [7, 11) is 0. The molecule has 1 aromatic carbocycles. The third-order valence-corrected chi connectivity index (χ3v) is 2.72. The SMILES string of the molecule is N#Cc1ccc(Br)cc1NCCn1ccnn1. The van der Waals surface area contributed by atoms with E-state index in [1.807, 2.05) is 12.1 Å². The van der Waals surface area contributed by atoms with Gasteiger partial charge in [0.1, 0.15) is 6.07 Å². The van der Waals surface area contributed by atoms with Gasteiger partial charge in [-0.25, -0.2) is 0 Å². The van der Waals surface area contributed by atoms with Crippen molar-refractivity contribution in [2.24, 2.45) is 0 Å². The zero-order valence-electron chi connectivity index (χ0n) is 8.97. The van der Waals surface area contributed by atoms with Gasteiger partial charge < -0.3 is 5.32 Å². The van der Waals surface area contributed by atoms with E-state index in [9.17, 15) is 0 Å². The molecule has 2 rings (SSSR count). The highest BCUT2D eigenvalue weighted by Gasteiger charge is 2.02. The third-order valence-electron chi connectivity index (χ3n) is 2.23. The second-order valence-electron chi connectivity index (χ2n) is 3.39. The van der Waals surface area contributed by atoms with Crippen molar-refractivity contribution in [2.75, 3.05) is 11.9 Å². The van der Waals surface area contributed by atoms with Crippen molar-refractivity contribution in [1.29, 1.82) is 5.26 Å². The Balaban J connectivity index is 1.99. The predicted molar refractivity (Wildman–Crippen MR) is 67.4 cm³/mol. The maximum Gasteiger partial charge on any atom is 0.101 e. The summed E-state index contributed by atoms with van der Waals surface area (Å²) in [4.78, 5) is 0. The highest BCUT2D eigenvalue weighted by Crippen LogP contribution is 2.20. The van der Waals surface area contributed by atoms with Crippen LogP contribution >= 0.6 is 15.9 Å². The lowest BCUT2D eigenvalue weighted by Gasteiger charge is -2.08. The number of aromatic nitrogens is 3. The molecule has 0 spiro atoms. The Bertz CT molecular complexity index is 529. The van der Waals surface area contributed by atoms with Crippen LogP contribution in [-0.4, -0.2) is 21.5 Å². The lowest BCUT2D eigenvalue weighted by molar-refractivity contribution is 0.609. The van der Waals surface area contributed by atoms with Gasteiger partial charge in [0.25, 0.3) is 0 Å². The Morgan fingerprint density at radius 2 is 2.35 bits per heavy atom. The number of halogens is 1. The average Bonchev–Trinajstić information content (AvgIpc) is 2.82. The van der Waals surface area contributed by atoms with Crippen molar-refractivity contribution in [1.82, 2.24) is 15.0 Å². The van der Waals surface area contributed by atoms with E-state index >= 15 is 0 Å². The van der Waals surface area contributed by atoms with Crippen molar-refractivity contribution in [3.8, 4) is 6.07 Å². The molecule has 0 atom stereocenters. The highest BCUT2D eigenvalue weighted by atomic mass is 79.9. The minimum Gasteiger partial charge on any atom is -0.382 e. The molecule has 0 unspecified atom stereocenters. The van der Waals surface area contributed by atoms with Crippen LogP contribution in [0.5, 0.6) is 0 Å². The third kappa shape index (κ3) is 3.04. The maximum absolute atomic E-state index is 8.96. The minimum atomic E-state index is 0.631. The lowest BCUT2D eigenvalue weighted by atomic mass is 10.2. The number of hydrogen-bond donors (Lipinski definition) is 1. The van der Waals surface area contributed by atoms with Gasteiger partial charge in [0.15, 0.2) is 0 Å². The molecule has 86 valence electrons. The second kappa shape index (κ2) is 5.46. The lowest BCUT2D eigenvalue weighted by Crippen LogP contribution is -2.11. The van der Waals surface area contributed by atoms with Crippen molar-refractivity contribution in [3.05, 3.63) is 40.6 Å². The average molecular weight is 292 g/mol. The molecule has 17 heavy (non-hydrogen) atoms. The molecule has 0 radical (unpaired) electrons. The summed E-state index contributed by atoms with van der Waals surface area (Å²) in [5.41, 5.74) is 1.45. The normalized spacial score (nSPS) is 9.88. The molecule has 6 heteroatoms. The van der Waals surface area contributed by atoms with Crippen LogP contribution in [-0.2, 0) is 6.54 Å². The van der Waals surface area contributed by atoms with Crippen LogP contribution < -0.4 is 5.32 Å². The molecule has 1 heterocycles. The van der Waals surface area contributed by atoms with Gasteiger partial charge in [0.05, 0.1) is 24.0 Å². The van der Waals surface area contributed by atoms with E-state index in [1.54, 1.807) is 23.1 Å². The molecular weight excluding hydrogens is 282 g/mol. The first-order chi connectivity index (χ1) is 8.29. The summed E-state index contributed by atoms with van der Waals surface area (Å²) in [6, 6.07) is 7.67. The Kier molecular flexibility index (Phi) is 3.73. The van der Waals surface area contributed by atoms with Crippen LogP contribution in [0.2, 0.25) is 0 Å². The molecule has 0 aliphatic rings. The van der Waals surface area contributed by atoms with Gasteiger partial charge in [0.2, 0.25) is 0 Å². The molecule has 5 nitrogen and oxygen atoms in total. The summed E-state index contributed by atoms with van der Waals surface area (Å²) in [5.74, 6) is 0. The number of nitriles is 1. The predicted octanol–water partition coefficient (Wildman–Crippen LogP) is 2.02. The fraction of sp³-hybridized carbons (Fsp3) is 0.182. The molecule has 1 N–H and O–H groups in total. The fourth-order valence-electron chi connectivity index (χ4n) is 1.42. The van der Waals surface area contributed by atoms with E-state index in [-0.39, 0.29) is 0 Å². The van der Waals surface area contributed by atoms with Crippen LogP contribution in [0.4, 0.5) is 5.69 Å². The molecule has 0 saturated heterocycles. The zero-order chi connectivity index (χ0) is 12.1. The van der Waals surface area contributed by atoms with Gasteiger partial charge in [0, 0.05) is 17.2 Å². The van der Waals surface area contributed by atoms with Gasteiger partial charge in [-0.1, -0.05) is 21.1 Å². The molecular formula is C11H10BrN5. The van der Waals surface area contributed by atoms with E-state index in [4.69, 9.17) is 5.26 Å². The molecule has 0 fully saturated rings. The first-order valence-electron chi connectivity index (χ1n) is 5.07. The van der Waals surface area contributed by atoms with Gasteiger partial charge in [-0.3, -0.25) is 4.68 Å². The number of nitrogens with one attached hydrogen (secondary N) is 1. The Labute approximate surface area is 107 Å². The number of rotatable bonds is 4. The van der Waals surface area contributed by atoms with Crippen molar-refractivity contribution in [3.63, 3.8) is 0 Å². The number of anilines is 1. The van der Waals surface area contributed by atoms with Crippen LogP contribution in [0.1, 0.15) is 5.56 Å². The zero-order valence-corrected chi connectivity index (χ0v) is 10.6. The Morgan fingerprint density at radius 3 is 3.06 bits per heavy atom. The van der Waals surface area contributed by atoms with E-state index in [0.717, 1.165) is 10.2 Å². The van der Waals surface area contributed by atoms with E-state index in [2.05, 4.69) is 37.6 Å². The van der Waals surface area contributed by atoms with E-state index in [1.165, 1.54) is 0 Å². The second-order valence-corrected chi connectivity index (χ2v) is 4.31. The standard InChI is InChI=1S/C11H10BrN5/c12-10-2-1-9(8-13)11(7-10)14-3-5-17-6-4-15-16-17/h1-2,4,6-7,14H,3,5H2. The molecule has 0 bridgehead atoms. The molecule has 1 aromatic heterocycles. The van der Waals surface area contributed by atoms with Gasteiger partial charge in [-0.2, -0.15) is 5.26 Å². The number of hydrogen-bond acceptors (Lipinski definition) is 4. The van der Waals surface area contributed by atoms with Crippen molar-refractivity contribution < 1.29 is 0 Å².